The Bertz CT molecular complexity index is 127. The van der Waals surface area contributed by atoms with Gasteiger partial charge in [-0.3, -0.25) is 0 Å². The summed E-state index contributed by atoms with van der Waals surface area (Å²) in [5, 5.41) is 8.01. The molecule has 0 amide bonds. The van der Waals surface area contributed by atoms with Gasteiger partial charge in [0.25, 0.3) is 0 Å². The zero-order valence-electron chi connectivity index (χ0n) is 1.89. The minimum Gasteiger partial charge on any atom is -0.216 e. The molecule has 0 unspecified atom stereocenters. The van der Waals surface area contributed by atoms with Crippen molar-refractivity contribution < 1.29 is 0 Å². The molecule has 0 radical (unpaired) electrons. The highest BCUT2D eigenvalue weighted by molar-refractivity contribution is 7.61. The molecule has 0 aromatic rings. The van der Waals surface area contributed by atoms with Gasteiger partial charge in [0.1, 0.15) is 0 Å². The second-order valence-corrected chi connectivity index (χ2v) is 1.61. The van der Waals surface area contributed by atoms with Gasteiger partial charge in [-0.15, -0.1) is 0 Å². The fraction of sp³-hybridized carbons (Fsp3) is 0. The molecular weight excluding hydrogens is 69.0 g/mol. The maximum absolute atomic E-state index is 8.01. The van der Waals surface area contributed by atoms with Crippen LogP contribution in [0.3, 0.4) is 0 Å². The smallest absolute Gasteiger partial charge is 0.201 e. The van der Waals surface area contributed by atoms with Crippen LogP contribution < -0.4 is 0 Å². The predicted octanol–water partition coefficient (Wildman–Crippen LogP) is 0.880. The molecule has 0 aromatic heterocycles. The Hall–Kier alpha value is -0.430. The topological polar surface area (TPSA) is 23.8 Å². The summed E-state index contributed by atoms with van der Waals surface area (Å²) in [4.78, 5) is 0. The molecule has 1 nitrogen and oxygen atoms in total. The first-order valence-electron chi connectivity index (χ1n) is 0.897. The molecule has 0 fully saturated rings. The van der Waals surface area contributed by atoms with Gasteiger partial charge in [0.2, 0.25) is 7.56 Å². The van der Waals surface area contributed by atoms with E-state index in [1.54, 1.807) is 0 Å². The number of rotatable bonds is 0. The average molecular weight is 69.0 g/mol. The summed E-state index contributed by atoms with van der Waals surface area (Å²) >= 11 is 0. The van der Waals surface area contributed by atoms with Gasteiger partial charge in [-0.05, 0) is 0 Å². The Kier molecular flexibility index (Phi) is 0.140. The Labute approximate surface area is 25.0 Å². The minimum absolute atomic E-state index is 0.870. The maximum Gasteiger partial charge on any atom is 0.201 e. The third-order valence-electron chi connectivity index (χ3n) is 0.212. The van der Waals surface area contributed by atoms with E-state index in [4.69, 9.17) is 5.00 Å². The molecule has 0 aliphatic carbocycles. The van der Waals surface area contributed by atoms with E-state index in [1.807, 2.05) is 0 Å². The largest absolute Gasteiger partial charge is 0.216 e. The molecule has 0 atom stereocenters. The van der Waals surface area contributed by atoms with Crippen LogP contribution in [0.2, 0.25) is 0 Å². The van der Waals surface area contributed by atoms with Crippen LogP contribution in [0.5, 0.6) is 0 Å². The van der Waals surface area contributed by atoms with Crippen molar-refractivity contribution in [3.05, 3.63) is 0 Å². The SMILES string of the molecule is N#P1C#C1. The van der Waals surface area contributed by atoms with Crippen LogP contribution in [-0.4, -0.2) is 0 Å². The number of hydrogen-bond acceptors (Lipinski definition) is 1. The standard InChI is InChI=1S/C2NP/c3-4-1-2-4. The molecule has 0 saturated heterocycles. The first-order chi connectivity index (χ1) is 1.89. The summed E-state index contributed by atoms with van der Waals surface area (Å²) in [5.41, 5.74) is 4.94. The van der Waals surface area contributed by atoms with Crippen molar-refractivity contribution in [2.24, 2.45) is 0 Å². The summed E-state index contributed by atoms with van der Waals surface area (Å²) < 4.78 is 0. The molecule has 2 heteroatoms. The average Bonchev–Trinajstić information content (AvgIpc) is 1.75. The van der Waals surface area contributed by atoms with Gasteiger partial charge in [-0.25, -0.2) is 5.00 Å². The van der Waals surface area contributed by atoms with E-state index in [9.17, 15) is 0 Å². The molecule has 0 N–H and O–H groups in total. The van der Waals surface area contributed by atoms with Crippen molar-refractivity contribution in [1.82, 2.24) is 0 Å². The van der Waals surface area contributed by atoms with Crippen molar-refractivity contribution in [1.29, 1.82) is 5.00 Å². The van der Waals surface area contributed by atoms with Crippen LogP contribution in [-0.2, 0) is 0 Å². The van der Waals surface area contributed by atoms with Gasteiger partial charge < -0.3 is 0 Å². The molecule has 1 heterocycles. The lowest BCUT2D eigenvalue weighted by atomic mass is 11.4. The third-order valence-corrected chi connectivity index (χ3v) is 0.635. The summed E-state index contributed by atoms with van der Waals surface area (Å²) in [5.74, 6) is 0. The molecule has 0 bridgehead atoms. The molecule has 1 aliphatic heterocycles. The zero-order valence-corrected chi connectivity index (χ0v) is 2.79. The fourth-order valence-electron chi connectivity index (χ4n) is 0.0224. The van der Waals surface area contributed by atoms with Crippen molar-refractivity contribution >= 4 is 7.56 Å². The van der Waals surface area contributed by atoms with Crippen molar-refractivity contribution in [2.75, 3.05) is 0 Å². The first-order valence-corrected chi connectivity index (χ1v) is 2.19. The lowest BCUT2D eigenvalue weighted by Crippen LogP contribution is -0.880. The van der Waals surface area contributed by atoms with Crippen LogP contribution in [0.15, 0.2) is 0 Å². The lowest BCUT2D eigenvalue weighted by molar-refractivity contribution is 1.65. The van der Waals surface area contributed by atoms with Gasteiger partial charge in [0, 0.05) is 11.3 Å². The van der Waals surface area contributed by atoms with E-state index in [0.717, 1.165) is 0 Å². The molecule has 0 spiro atoms. The minimum atomic E-state index is -0.870. The molecule has 4 heavy (non-hydrogen) atoms. The van der Waals surface area contributed by atoms with E-state index in [-0.39, 0.29) is 0 Å². The van der Waals surface area contributed by atoms with E-state index in [1.165, 1.54) is 0 Å². The van der Waals surface area contributed by atoms with E-state index in [0.29, 0.717) is 0 Å². The second-order valence-electron chi connectivity index (χ2n) is 0.535. The molecule has 0 aromatic carbocycles. The van der Waals surface area contributed by atoms with E-state index in [2.05, 4.69) is 11.3 Å². The number of hydrogen-bond donors (Lipinski definition) is 0. The Morgan fingerprint density at radius 2 is 1.75 bits per heavy atom. The van der Waals surface area contributed by atoms with E-state index >= 15 is 0 Å². The van der Waals surface area contributed by atoms with Crippen LogP contribution in [0.4, 0.5) is 0 Å². The van der Waals surface area contributed by atoms with Gasteiger partial charge in [0.15, 0.2) is 0 Å². The van der Waals surface area contributed by atoms with Gasteiger partial charge >= 0.3 is 0 Å². The third kappa shape index (κ3) is 0.0772. The van der Waals surface area contributed by atoms with Gasteiger partial charge in [-0.1, -0.05) is 0 Å². The van der Waals surface area contributed by atoms with Crippen molar-refractivity contribution in [3.63, 3.8) is 0 Å². The summed E-state index contributed by atoms with van der Waals surface area (Å²) in [7, 11) is -0.870. The highest BCUT2D eigenvalue weighted by atomic mass is 31.1. The van der Waals surface area contributed by atoms with Gasteiger partial charge in [0.05, 0.1) is 0 Å². The maximum atomic E-state index is 8.01. The second kappa shape index (κ2) is 0.303. The Balaban J connectivity index is 3.11. The molecule has 0 saturated carbocycles. The van der Waals surface area contributed by atoms with Crippen molar-refractivity contribution in [3.8, 4) is 11.3 Å². The normalized spacial score (nSPS) is 13.2. The van der Waals surface area contributed by atoms with Crippen molar-refractivity contribution in [2.45, 2.75) is 0 Å². The van der Waals surface area contributed by atoms with Gasteiger partial charge in [-0.2, -0.15) is 0 Å². The number of nitrogens with zero attached hydrogens (tertiary/aromatic N) is 1. The predicted molar refractivity (Wildman–Crippen MR) is 16.4 cm³/mol. The molecular formula is C2NP. The van der Waals surface area contributed by atoms with Crippen LogP contribution in [0.25, 0.3) is 0 Å². The zero-order chi connectivity index (χ0) is 2.99. The van der Waals surface area contributed by atoms with Crippen LogP contribution >= 0.6 is 7.56 Å². The quantitative estimate of drug-likeness (QED) is 0.306. The lowest BCUT2D eigenvalue weighted by Gasteiger charge is -1.23. The summed E-state index contributed by atoms with van der Waals surface area (Å²) in [6.45, 7) is 0. The molecule has 18 valence electrons. The monoisotopic (exact) mass is 69.0 g/mol. The van der Waals surface area contributed by atoms with Crippen LogP contribution in [0, 0.1) is 16.3 Å². The Morgan fingerprint density at radius 3 is 1.75 bits per heavy atom. The molecule has 1 aliphatic rings. The van der Waals surface area contributed by atoms with E-state index < -0.39 is 7.56 Å². The highest BCUT2D eigenvalue weighted by Crippen LogP contribution is 2.23. The highest BCUT2D eigenvalue weighted by Gasteiger charge is 1.89. The fourth-order valence-corrected chi connectivity index (χ4v) is 0.201. The van der Waals surface area contributed by atoms with Crippen LogP contribution in [0.1, 0.15) is 0 Å². The summed E-state index contributed by atoms with van der Waals surface area (Å²) in [6.07, 6.45) is 0. The Morgan fingerprint density at radius 1 is 1.50 bits per heavy atom. The first kappa shape index (κ1) is 1.85. The summed E-state index contributed by atoms with van der Waals surface area (Å²) in [6, 6.07) is 0. The molecule has 1 rings (SSSR count).